The van der Waals surface area contributed by atoms with Gasteiger partial charge in [0.25, 0.3) is 0 Å². The van der Waals surface area contributed by atoms with E-state index >= 15 is 0 Å². The van der Waals surface area contributed by atoms with Gasteiger partial charge in [0.05, 0.1) is 17.0 Å². The van der Waals surface area contributed by atoms with Gasteiger partial charge in [-0.15, -0.1) is 0 Å². The number of nitrogens with zero attached hydrogens (tertiary/aromatic N) is 1. The molecule has 1 heterocycles. The highest BCUT2D eigenvalue weighted by molar-refractivity contribution is 7.89. The van der Waals surface area contributed by atoms with Crippen LogP contribution in [0.2, 0.25) is 0 Å². The first-order valence-electron chi connectivity index (χ1n) is 5.76. The van der Waals surface area contributed by atoms with Crippen LogP contribution in [0.3, 0.4) is 0 Å². The van der Waals surface area contributed by atoms with E-state index in [1.54, 1.807) is 0 Å². The summed E-state index contributed by atoms with van der Waals surface area (Å²) in [5, 5.41) is 2.40. The summed E-state index contributed by atoms with van der Waals surface area (Å²) in [6.07, 6.45) is -5.01. The highest BCUT2D eigenvalue weighted by atomic mass is 32.2. The Bertz CT molecular complexity index is 673. The molecule has 1 N–H and O–H groups in total. The molecule has 21 heavy (non-hydrogen) atoms. The van der Waals surface area contributed by atoms with Crippen molar-refractivity contribution in [1.29, 1.82) is 0 Å². The second-order valence-corrected chi connectivity index (χ2v) is 6.27. The molecule has 116 valence electrons. The fourth-order valence-electron chi connectivity index (χ4n) is 1.85. The van der Waals surface area contributed by atoms with Gasteiger partial charge in [0.2, 0.25) is 15.9 Å². The lowest BCUT2D eigenvalue weighted by atomic mass is 10.2. The number of benzene rings is 1. The van der Waals surface area contributed by atoms with Gasteiger partial charge < -0.3 is 5.32 Å². The number of alkyl halides is 3. The number of rotatable bonds is 2. The van der Waals surface area contributed by atoms with E-state index in [0.29, 0.717) is 6.07 Å². The molecule has 5 nitrogen and oxygen atoms in total. The Balaban J connectivity index is 2.43. The van der Waals surface area contributed by atoms with Crippen molar-refractivity contribution in [3.63, 3.8) is 0 Å². The van der Waals surface area contributed by atoms with Crippen molar-refractivity contribution in [1.82, 2.24) is 9.62 Å². The summed E-state index contributed by atoms with van der Waals surface area (Å²) in [7, 11) is -4.29. The molecule has 0 aromatic heterocycles. The minimum Gasteiger partial charge on any atom is -0.354 e. The molecule has 0 aliphatic carbocycles. The van der Waals surface area contributed by atoms with Crippen LogP contribution < -0.4 is 5.32 Å². The first-order chi connectivity index (χ1) is 9.62. The molecule has 1 aliphatic heterocycles. The lowest BCUT2D eigenvalue weighted by Crippen LogP contribution is -2.49. The molecule has 1 aliphatic rings. The van der Waals surface area contributed by atoms with Crippen molar-refractivity contribution in [3.8, 4) is 0 Å². The van der Waals surface area contributed by atoms with E-state index < -0.39 is 44.9 Å². The molecule has 0 spiro atoms. The van der Waals surface area contributed by atoms with E-state index in [2.05, 4.69) is 5.32 Å². The summed E-state index contributed by atoms with van der Waals surface area (Å²) in [6.45, 7) is -0.487. The average molecular weight is 326 g/mol. The lowest BCUT2D eigenvalue weighted by molar-refractivity contribution is -0.140. The molecule has 0 saturated carbocycles. The number of hydrogen-bond acceptors (Lipinski definition) is 3. The summed E-state index contributed by atoms with van der Waals surface area (Å²) < 4.78 is 76.1. The molecule has 1 amide bonds. The van der Waals surface area contributed by atoms with Gasteiger partial charge in [0.1, 0.15) is 5.82 Å². The second kappa shape index (κ2) is 5.26. The second-order valence-electron chi connectivity index (χ2n) is 4.33. The Morgan fingerprint density at radius 2 is 1.90 bits per heavy atom. The molecule has 0 unspecified atom stereocenters. The molecule has 0 atom stereocenters. The van der Waals surface area contributed by atoms with Crippen LogP contribution in [0.4, 0.5) is 17.6 Å². The van der Waals surface area contributed by atoms with Gasteiger partial charge in [-0.1, -0.05) is 0 Å². The number of halogens is 4. The topological polar surface area (TPSA) is 66.5 Å². The van der Waals surface area contributed by atoms with Gasteiger partial charge in [0, 0.05) is 13.1 Å². The van der Waals surface area contributed by atoms with Gasteiger partial charge in [-0.3, -0.25) is 4.79 Å². The molecule has 10 heteroatoms. The fraction of sp³-hybridized carbons (Fsp3) is 0.364. The van der Waals surface area contributed by atoms with Crippen LogP contribution in [0.25, 0.3) is 0 Å². The third-order valence-corrected chi connectivity index (χ3v) is 4.73. The van der Waals surface area contributed by atoms with Gasteiger partial charge in [0.15, 0.2) is 0 Å². The molecule has 1 fully saturated rings. The van der Waals surface area contributed by atoms with Crippen molar-refractivity contribution in [2.24, 2.45) is 0 Å². The van der Waals surface area contributed by atoms with Crippen LogP contribution >= 0.6 is 0 Å². The standard InChI is InChI=1S/C11H10F4N2O3S/c12-9-2-1-7(5-8(9)11(13,14)15)21(19,20)17-4-3-16-10(18)6-17/h1-2,5H,3-4,6H2,(H,16,18). The predicted molar refractivity (Wildman–Crippen MR) is 63.2 cm³/mol. The molecular weight excluding hydrogens is 316 g/mol. The van der Waals surface area contributed by atoms with Crippen molar-refractivity contribution in [2.45, 2.75) is 11.1 Å². The molecule has 0 radical (unpaired) electrons. The SMILES string of the molecule is O=C1CN(S(=O)(=O)c2ccc(F)c(C(F)(F)F)c2)CCN1. The summed E-state index contributed by atoms with van der Waals surface area (Å²) in [6, 6.07) is 1.42. The van der Waals surface area contributed by atoms with Gasteiger partial charge in [-0.25, -0.2) is 12.8 Å². The molecule has 0 bridgehead atoms. The number of hydrogen-bond donors (Lipinski definition) is 1. The number of carbonyl (C=O) groups excluding carboxylic acids is 1. The summed E-state index contributed by atoms with van der Waals surface area (Å²) >= 11 is 0. The minimum absolute atomic E-state index is 0.0609. The van der Waals surface area contributed by atoms with Gasteiger partial charge in [-0.05, 0) is 18.2 Å². The highest BCUT2D eigenvalue weighted by Gasteiger charge is 2.37. The predicted octanol–water partition coefficient (Wildman–Crippen LogP) is 0.965. The van der Waals surface area contributed by atoms with E-state index in [0.717, 1.165) is 10.4 Å². The maximum Gasteiger partial charge on any atom is 0.419 e. The molecule has 2 rings (SSSR count). The monoisotopic (exact) mass is 326 g/mol. The van der Waals surface area contributed by atoms with Crippen LogP contribution in [-0.4, -0.2) is 38.3 Å². The zero-order valence-electron chi connectivity index (χ0n) is 10.4. The Kier molecular flexibility index (Phi) is 3.93. The Hall–Kier alpha value is -1.68. The van der Waals surface area contributed by atoms with Crippen molar-refractivity contribution in [2.75, 3.05) is 19.6 Å². The van der Waals surface area contributed by atoms with Crippen LogP contribution in [0.5, 0.6) is 0 Å². The number of piperazine rings is 1. The van der Waals surface area contributed by atoms with Crippen LogP contribution in [0.15, 0.2) is 23.1 Å². The van der Waals surface area contributed by atoms with E-state index in [1.807, 2.05) is 0 Å². The van der Waals surface area contributed by atoms with Crippen LogP contribution in [0, 0.1) is 5.82 Å². The van der Waals surface area contributed by atoms with Crippen molar-refractivity contribution in [3.05, 3.63) is 29.6 Å². The zero-order valence-corrected chi connectivity index (χ0v) is 11.3. The third kappa shape index (κ3) is 3.16. The third-order valence-electron chi connectivity index (χ3n) is 2.88. The lowest BCUT2D eigenvalue weighted by Gasteiger charge is -2.26. The summed E-state index contributed by atoms with van der Waals surface area (Å²) in [5.74, 6) is -2.11. The normalized spacial score (nSPS) is 17.6. The molecular formula is C11H10F4N2O3S. The minimum atomic E-state index is -5.01. The molecule has 1 aromatic carbocycles. The molecule has 1 aromatic rings. The van der Waals surface area contributed by atoms with Crippen LogP contribution in [-0.2, 0) is 21.0 Å². The van der Waals surface area contributed by atoms with E-state index in [9.17, 15) is 30.8 Å². The number of nitrogens with one attached hydrogen (secondary N) is 1. The fourth-order valence-corrected chi connectivity index (χ4v) is 3.28. The van der Waals surface area contributed by atoms with E-state index in [4.69, 9.17) is 0 Å². The molecule has 1 saturated heterocycles. The van der Waals surface area contributed by atoms with Crippen molar-refractivity contribution < 1.29 is 30.8 Å². The number of amides is 1. The van der Waals surface area contributed by atoms with Crippen molar-refractivity contribution >= 4 is 15.9 Å². The summed E-state index contributed by atoms with van der Waals surface area (Å²) in [4.78, 5) is 10.5. The Labute approximate surface area is 117 Å². The van der Waals surface area contributed by atoms with E-state index in [1.165, 1.54) is 0 Å². The summed E-state index contributed by atoms with van der Waals surface area (Å²) in [5.41, 5.74) is -1.66. The number of carbonyl (C=O) groups is 1. The van der Waals surface area contributed by atoms with E-state index in [-0.39, 0.29) is 19.2 Å². The largest absolute Gasteiger partial charge is 0.419 e. The highest BCUT2D eigenvalue weighted by Crippen LogP contribution is 2.33. The quantitative estimate of drug-likeness (QED) is 0.824. The zero-order chi connectivity index (χ0) is 15.8. The Morgan fingerprint density at radius 1 is 1.24 bits per heavy atom. The van der Waals surface area contributed by atoms with Crippen LogP contribution in [0.1, 0.15) is 5.56 Å². The Morgan fingerprint density at radius 3 is 2.48 bits per heavy atom. The number of sulfonamides is 1. The average Bonchev–Trinajstić information content (AvgIpc) is 2.37. The first kappa shape index (κ1) is 15.7. The van der Waals surface area contributed by atoms with Gasteiger partial charge >= 0.3 is 6.18 Å². The van der Waals surface area contributed by atoms with Gasteiger partial charge in [-0.2, -0.15) is 17.5 Å². The smallest absolute Gasteiger partial charge is 0.354 e. The first-order valence-corrected chi connectivity index (χ1v) is 7.20. The maximum absolute atomic E-state index is 13.2. The maximum atomic E-state index is 13.2.